The van der Waals surface area contributed by atoms with Crippen molar-refractivity contribution in [3.63, 3.8) is 0 Å². The van der Waals surface area contributed by atoms with Crippen molar-refractivity contribution in [3.8, 4) is 5.75 Å². The van der Waals surface area contributed by atoms with Crippen LogP contribution in [0, 0.1) is 5.92 Å². The monoisotopic (exact) mass is 276 g/mol. The summed E-state index contributed by atoms with van der Waals surface area (Å²) < 4.78 is 10.7. The molecule has 2 unspecified atom stereocenters. The van der Waals surface area contributed by atoms with Crippen LogP contribution in [0.4, 0.5) is 10.5 Å². The quantitative estimate of drug-likeness (QED) is 0.917. The van der Waals surface area contributed by atoms with Crippen molar-refractivity contribution in [2.75, 3.05) is 31.6 Å². The van der Waals surface area contributed by atoms with Gasteiger partial charge in [-0.25, -0.2) is 4.79 Å². The molecule has 108 valence electrons. The first-order chi connectivity index (χ1) is 9.78. The Kier molecular flexibility index (Phi) is 3.78. The second-order valence-corrected chi connectivity index (χ2v) is 5.34. The molecule has 0 saturated carbocycles. The number of cyclic esters (lactones) is 1. The molecule has 2 heterocycles. The van der Waals surface area contributed by atoms with E-state index in [4.69, 9.17) is 9.47 Å². The number of nitrogens with zero attached hydrogens (tertiary/aromatic N) is 1. The van der Waals surface area contributed by atoms with E-state index in [1.54, 1.807) is 12.0 Å². The molecule has 5 heteroatoms. The Bertz CT molecular complexity index is 469. The highest BCUT2D eigenvalue weighted by atomic mass is 16.6. The lowest BCUT2D eigenvalue weighted by molar-refractivity contribution is 0.0942. The zero-order valence-electron chi connectivity index (χ0n) is 11.7. The van der Waals surface area contributed by atoms with E-state index < -0.39 is 0 Å². The fourth-order valence-corrected chi connectivity index (χ4v) is 2.90. The molecule has 0 aliphatic carbocycles. The van der Waals surface area contributed by atoms with Crippen LogP contribution in [0.3, 0.4) is 0 Å². The first-order valence-corrected chi connectivity index (χ1v) is 7.11. The summed E-state index contributed by atoms with van der Waals surface area (Å²) >= 11 is 0. The average Bonchev–Trinajstić information content (AvgIpc) is 2.90. The molecule has 1 N–H and O–H groups in total. The maximum atomic E-state index is 12.0. The molecule has 3 rings (SSSR count). The van der Waals surface area contributed by atoms with Crippen LogP contribution in [0.15, 0.2) is 24.3 Å². The van der Waals surface area contributed by atoms with E-state index in [9.17, 15) is 4.79 Å². The van der Waals surface area contributed by atoms with Crippen molar-refractivity contribution < 1.29 is 14.3 Å². The average molecular weight is 276 g/mol. The van der Waals surface area contributed by atoms with Gasteiger partial charge in [0.2, 0.25) is 0 Å². The Labute approximate surface area is 118 Å². The summed E-state index contributed by atoms with van der Waals surface area (Å²) in [6.07, 6.45) is 2.03. The van der Waals surface area contributed by atoms with Crippen LogP contribution >= 0.6 is 0 Å². The third-order valence-corrected chi connectivity index (χ3v) is 4.08. The second kappa shape index (κ2) is 5.71. The molecular weight excluding hydrogens is 256 g/mol. The van der Waals surface area contributed by atoms with Gasteiger partial charge in [0.1, 0.15) is 11.9 Å². The van der Waals surface area contributed by atoms with Crippen LogP contribution in [0.1, 0.15) is 12.8 Å². The molecule has 2 aliphatic heterocycles. The SMILES string of the molecule is COc1ccc(N2CC(C3CCCNC3)OC2=O)cc1. The largest absolute Gasteiger partial charge is 0.497 e. The van der Waals surface area contributed by atoms with Crippen molar-refractivity contribution in [2.24, 2.45) is 5.92 Å². The second-order valence-electron chi connectivity index (χ2n) is 5.34. The number of hydrogen-bond donors (Lipinski definition) is 1. The summed E-state index contributed by atoms with van der Waals surface area (Å²) in [6.45, 7) is 2.64. The van der Waals surface area contributed by atoms with Crippen molar-refractivity contribution in [1.29, 1.82) is 0 Å². The standard InChI is InChI=1S/C15H20N2O3/c1-19-13-6-4-12(5-7-13)17-10-14(20-15(17)18)11-3-2-8-16-9-11/h4-7,11,14,16H,2-3,8-10H2,1H3. The predicted octanol–water partition coefficient (Wildman–Crippen LogP) is 2.02. The van der Waals surface area contributed by atoms with Gasteiger partial charge in [0.25, 0.3) is 0 Å². The Morgan fingerprint density at radius 1 is 1.35 bits per heavy atom. The van der Waals surface area contributed by atoms with Crippen molar-refractivity contribution in [3.05, 3.63) is 24.3 Å². The van der Waals surface area contributed by atoms with Gasteiger partial charge in [-0.05, 0) is 43.7 Å². The minimum atomic E-state index is -0.245. The summed E-state index contributed by atoms with van der Waals surface area (Å²) in [6, 6.07) is 7.50. The van der Waals surface area contributed by atoms with E-state index >= 15 is 0 Å². The van der Waals surface area contributed by atoms with E-state index in [2.05, 4.69) is 5.32 Å². The van der Waals surface area contributed by atoms with Crippen molar-refractivity contribution in [1.82, 2.24) is 5.32 Å². The van der Waals surface area contributed by atoms with Crippen LogP contribution in [0.2, 0.25) is 0 Å². The molecule has 2 fully saturated rings. The molecule has 1 aromatic carbocycles. The third kappa shape index (κ3) is 2.58. The zero-order valence-corrected chi connectivity index (χ0v) is 11.7. The Morgan fingerprint density at radius 3 is 2.80 bits per heavy atom. The summed E-state index contributed by atoms with van der Waals surface area (Å²) in [5.41, 5.74) is 0.863. The van der Waals surface area contributed by atoms with Gasteiger partial charge >= 0.3 is 6.09 Å². The predicted molar refractivity (Wildman–Crippen MR) is 76.2 cm³/mol. The molecule has 20 heavy (non-hydrogen) atoms. The molecule has 2 aliphatic rings. The van der Waals surface area contributed by atoms with Crippen molar-refractivity contribution >= 4 is 11.8 Å². The fraction of sp³-hybridized carbons (Fsp3) is 0.533. The number of rotatable bonds is 3. The topological polar surface area (TPSA) is 50.8 Å². The Morgan fingerprint density at radius 2 is 2.15 bits per heavy atom. The lowest BCUT2D eigenvalue weighted by Crippen LogP contribution is -2.38. The van der Waals surface area contributed by atoms with Crippen LogP contribution < -0.4 is 15.0 Å². The number of benzene rings is 1. The highest BCUT2D eigenvalue weighted by Gasteiger charge is 2.37. The van der Waals surface area contributed by atoms with Crippen molar-refractivity contribution in [2.45, 2.75) is 18.9 Å². The number of nitrogens with one attached hydrogen (secondary N) is 1. The smallest absolute Gasteiger partial charge is 0.414 e. The maximum absolute atomic E-state index is 12.0. The zero-order chi connectivity index (χ0) is 13.9. The molecule has 0 aromatic heterocycles. The molecule has 0 radical (unpaired) electrons. The molecule has 2 atom stereocenters. The highest BCUT2D eigenvalue weighted by molar-refractivity contribution is 5.89. The minimum Gasteiger partial charge on any atom is -0.497 e. The van der Waals surface area contributed by atoms with Gasteiger partial charge in [-0.15, -0.1) is 0 Å². The van der Waals surface area contributed by atoms with E-state index in [-0.39, 0.29) is 12.2 Å². The Hall–Kier alpha value is -1.75. The fourth-order valence-electron chi connectivity index (χ4n) is 2.90. The number of hydrogen-bond acceptors (Lipinski definition) is 4. The first-order valence-electron chi connectivity index (χ1n) is 7.11. The summed E-state index contributed by atoms with van der Waals surface area (Å²) in [5.74, 6) is 1.21. The summed E-state index contributed by atoms with van der Waals surface area (Å²) in [4.78, 5) is 13.7. The molecule has 1 amide bonds. The van der Waals surface area contributed by atoms with Gasteiger partial charge in [-0.1, -0.05) is 0 Å². The van der Waals surface area contributed by atoms with Crippen LogP contribution in [-0.4, -0.2) is 38.9 Å². The number of anilines is 1. The number of carbonyl (C=O) groups excluding carboxylic acids is 1. The minimum absolute atomic E-state index is 0.00241. The summed E-state index contributed by atoms with van der Waals surface area (Å²) in [7, 11) is 1.63. The molecular formula is C15H20N2O3. The molecule has 2 saturated heterocycles. The Balaban J connectivity index is 1.69. The van der Waals surface area contributed by atoms with E-state index in [0.717, 1.165) is 37.4 Å². The molecule has 1 aromatic rings. The molecule has 5 nitrogen and oxygen atoms in total. The van der Waals surface area contributed by atoms with Gasteiger partial charge in [0, 0.05) is 18.2 Å². The highest BCUT2D eigenvalue weighted by Crippen LogP contribution is 2.28. The number of ether oxygens (including phenoxy) is 2. The normalized spacial score (nSPS) is 26.4. The number of amides is 1. The number of methoxy groups -OCH3 is 1. The first kappa shape index (κ1) is 13.2. The summed E-state index contributed by atoms with van der Waals surface area (Å²) in [5, 5.41) is 3.37. The lowest BCUT2D eigenvalue weighted by Gasteiger charge is -2.26. The van der Waals surface area contributed by atoms with Crippen LogP contribution in [0.25, 0.3) is 0 Å². The van der Waals surface area contributed by atoms with Gasteiger partial charge in [0.05, 0.1) is 13.7 Å². The maximum Gasteiger partial charge on any atom is 0.414 e. The number of piperidine rings is 1. The van der Waals surface area contributed by atoms with Gasteiger partial charge in [-0.2, -0.15) is 0 Å². The number of carbonyl (C=O) groups is 1. The van der Waals surface area contributed by atoms with Crippen LogP contribution in [-0.2, 0) is 4.74 Å². The van der Waals surface area contributed by atoms with E-state index in [1.165, 1.54) is 0 Å². The van der Waals surface area contributed by atoms with Gasteiger partial charge in [0.15, 0.2) is 0 Å². The third-order valence-electron chi connectivity index (χ3n) is 4.08. The molecule has 0 bridgehead atoms. The van der Waals surface area contributed by atoms with Gasteiger partial charge in [-0.3, -0.25) is 4.90 Å². The van der Waals surface area contributed by atoms with E-state index in [1.807, 2.05) is 24.3 Å². The van der Waals surface area contributed by atoms with Crippen LogP contribution in [0.5, 0.6) is 5.75 Å². The lowest BCUT2D eigenvalue weighted by atomic mass is 9.94. The molecule has 0 spiro atoms. The van der Waals surface area contributed by atoms with Gasteiger partial charge < -0.3 is 14.8 Å². The van der Waals surface area contributed by atoms with E-state index in [0.29, 0.717) is 12.5 Å².